The van der Waals surface area contributed by atoms with Crippen LogP contribution in [0.25, 0.3) is 0 Å². The quantitative estimate of drug-likeness (QED) is 0.640. The van der Waals surface area contributed by atoms with Gasteiger partial charge in [-0.15, -0.1) is 0 Å². The monoisotopic (exact) mass is 372 g/mol. The molecule has 1 amide bonds. The van der Waals surface area contributed by atoms with Gasteiger partial charge in [-0.25, -0.2) is 14.6 Å². The lowest BCUT2D eigenvalue weighted by Crippen LogP contribution is -2.23. The number of furan rings is 1. The number of halogens is 1. The van der Waals surface area contributed by atoms with Crippen LogP contribution in [-0.4, -0.2) is 24.2 Å². The van der Waals surface area contributed by atoms with Crippen LogP contribution in [0.4, 0.5) is 4.39 Å². The van der Waals surface area contributed by atoms with Gasteiger partial charge in [0, 0.05) is 17.5 Å². The summed E-state index contributed by atoms with van der Waals surface area (Å²) in [5.41, 5.74) is 4.30. The van der Waals surface area contributed by atoms with E-state index in [1.807, 2.05) is 6.92 Å². The molecule has 1 aromatic carbocycles. The lowest BCUT2D eigenvalue weighted by molar-refractivity contribution is 0.0465. The van der Waals surface area contributed by atoms with E-state index in [4.69, 9.17) is 9.15 Å². The van der Waals surface area contributed by atoms with Gasteiger partial charge in [0.15, 0.2) is 0 Å². The summed E-state index contributed by atoms with van der Waals surface area (Å²) in [6.45, 7) is 4.00. The van der Waals surface area contributed by atoms with Crippen molar-refractivity contribution in [2.45, 2.75) is 39.5 Å². The van der Waals surface area contributed by atoms with E-state index in [0.29, 0.717) is 36.5 Å². The highest BCUT2D eigenvalue weighted by Crippen LogP contribution is 2.30. The molecule has 27 heavy (non-hydrogen) atoms. The number of esters is 1. The Bertz CT molecular complexity index is 901. The van der Waals surface area contributed by atoms with Gasteiger partial charge in [0.2, 0.25) is 5.76 Å². The Hall–Kier alpha value is -2.96. The highest BCUT2D eigenvalue weighted by Gasteiger charge is 2.28. The van der Waals surface area contributed by atoms with E-state index in [1.54, 1.807) is 13.0 Å². The van der Waals surface area contributed by atoms with Gasteiger partial charge in [-0.2, -0.15) is 5.10 Å². The van der Waals surface area contributed by atoms with E-state index in [0.717, 1.165) is 18.4 Å². The third-order valence-corrected chi connectivity index (χ3v) is 4.36. The molecule has 0 spiro atoms. The van der Waals surface area contributed by atoms with Crippen LogP contribution in [0.15, 0.2) is 33.8 Å². The molecule has 1 aliphatic rings. The van der Waals surface area contributed by atoms with E-state index in [2.05, 4.69) is 10.5 Å². The van der Waals surface area contributed by atoms with Crippen molar-refractivity contribution in [1.82, 2.24) is 5.43 Å². The molecular weight excluding hydrogens is 351 g/mol. The Morgan fingerprint density at radius 1 is 1.30 bits per heavy atom. The van der Waals surface area contributed by atoms with Gasteiger partial charge in [0.05, 0.1) is 17.9 Å². The average molecular weight is 372 g/mol. The summed E-state index contributed by atoms with van der Waals surface area (Å²) < 4.78 is 24.6. The van der Waals surface area contributed by atoms with Gasteiger partial charge in [-0.1, -0.05) is 19.1 Å². The Labute approximate surface area is 156 Å². The molecule has 3 rings (SSSR count). The molecule has 7 heteroatoms. The molecule has 0 bridgehead atoms. The summed E-state index contributed by atoms with van der Waals surface area (Å²) in [6.07, 6.45) is 2.80. The third-order valence-electron chi connectivity index (χ3n) is 4.36. The van der Waals surface area contributed by atoms with E-state index in [-0.39, 0.29) is 11.3 Å². The van der Waals surface area contributed by atoms with E-state index in [1.165, 1.54) is 18.2 Å². The van der Waals surface area contributed by atoms with Crippen molar-refractivity contribution in [3.8, 4) is 0 Å². The van der Waals surface area contributed by atoms with Gasteiger partial charge in [-0.3, -0.25) is 4.79 Å². The lowest BCUT2D eigenvalue weighted by atomic mass is 9.93. The van der Waals surface area contributed by atoms with Crippen molar-refractivity contribution in [3.63, 3.8) is 0 Å². The fourth-order valence-electron chi connectivity index (χ4n) is 3.06. The minimum absolute atomic E-state index is 0.0781. The fourth-order valence-corrected chi connectivity index (χ4v) is 3.06. The first-order valence-electron chi connectivity index (χ1n) is 8.94. The van der Waals surface area contributed by atoms with Crippen LogP contribution >= 0.6 is 0 Å². The first-order valence-corrected chi connectivity index (χ1v) is 8.94. The second-order valence-corrected chi connectivity index (χ2v) is 6.32. The number of nitrogens with one attached hydrogen (secondary N) is 1. The first kappa shape index (κ1) is 18.8. The summed E-state index contributed by atoms with van der Waals surface area (Å²) in [4.78, 5) is 24.4. The number of carbonyl (C=O) groups is 2. The molecule has 0 aliphatic heterocycles. The molecule has 142 valence electrons. The maximum Gasteiger partial charge on any atom is 0.374 e. The summed E-state index contributed by atoms with van der Waals surface area (Å²) >= 11 is 0. The number of amides is 1. The van der Waals surface area contributed by atoms with Crippen molar-refractivity contribution in [2.24, 2.45) is 5.10 Å². The molecular formula is C20H21FN2O4. The second kappa shape index (κ2) is 8.16. The van der Waals surface area contributed by atoms with Crippen LogP contribution in [0, 0.1) is 12.7 Å². The molecule has 0 saturated heterocycles. The number of nitrogens with zero attached hydrogens (tertiary/aromatic N) is 1. The van der Waals surface area contributed by atoms with Crippen LogP contribution < -0.4 is 5.43 Å². The molecule has 6 nitrogen and oxygen atoms in total. The molecule has 1 heterocycles. The maximum atomic E-state index is 13.7. The zero-order valence-corrected chi connectivity index (χ0v) is 15.3. The minimum atomic E-state index is -0.628. The SMILES string of the molecule is CCCOC(=O)c1oc2c(c1C)/C(=N/NC(=O)c1ccccc1F)CCC2. The molecule has 0 saturated carbocycles. The Kier molecular flexibility index (Phi) is 5.69. The highest BCUT2D eigenvalue weighted by molar-refractivity contribution is 6.06. The van der Waals surface area contributed by atoms with Gasteiger partial charge >= 0.3 is 5.97 Å². The minimum Gasteiger partial charge on any atom is -0.460 e. The van der Waals surface area contributed by atoms with Crippen LogP contribution in [0.1, 0.15) is 64.0 Å². The Morgan fingerprint density at radius 3 is 2.81 bits per heavy atom. The predicted molar refractivity (Wildman–Crippen MR) is 97.4 cm³/mol. The first-order chi connectivity index (χ1) is 13.0. The molecule has 1 aromatic heterocycles. The van der Waals surface area contributed by atoms with Crippen LogP contribution in [0.2, 0.25) is 0 Å². The number of hydrogen-bond acceptors (Lipinski definition) is 5. The lowest BCUT2D eigenvalue weighted by Gasteiger charge is -2.13. The highest BCUT2D eigenvalue weighted by atomic mass is 19.1. The largest absolute Gasteiger partial charge is 0.460 e. The number of hydrazone groups is 1. The Balaban J connectivity index is 1.84. The second-order valence-electron chi connectivity index (χ2n) is 6.32. The molecule has 2 aromatic rings. The number of hydrogen-bond donors (Lipinski definition) is 1. The summed E-state index contributed by atoms with van der Waals surface area (Å²) in [5.74, 6) is -0.917. The molecule has 1 aliphatic carbocycles. The smallest absolute Gasteiger partial charge is 0.374 e. The van der Waals surface area contributed by atoms with Gasteiger partial charge in [0.1, 0.15) is 11.6 Å². The van der Waals surface area contributed by atoms with E-state index >= 15 is 0 Å². The Morgan fingerprint density at radius 2 is 2.07 bits per heavy atom. The van der Waals surface area contributed by atoms with Crippen LogP contribution in [0.3, 0.4) is 0 Å². The molecule has 1 N–H and O–H groups in total. The molecule has 0 atom stereocenters. The van der Waals surface area contributed by atoms with E-state index in [9.17, 15) is 14.0 Å². The number of ether oxygens (including phenoxy) is 1. The molecule has 0 unspecified atom stereocenters. The number of rotatable bonds is 5. The van der Waals surface area contributed by atoms with Gasteiger partial charge in [-0.05, 0) is 38.3 Å². The number of aryl methyl sites for hydroxylation is 1. The number of fused-ring (bicyclic) bond motifs is 1. The van der Waals surface area contributed by atoms with Gasteiger partial charge in [0.25, 0.3) is 5.91 Å². The molecule has 0 radical (unpaired) electrons. The summed E-state index contributed by atoms with van der Waals surface area (Å²) in [5, 5.41) is 4.18. The maximum absolute atomic E-state index is 13.7. The zero-order chi connectivity index (χ0) is 19.4. The fraction of sp³-hybridized carbons (Fsp3) is 0.350. The van der Waals surface area contributed by atoms with Gasteiger partial charge < -0.3 is 9.15 Å². The number of benzene rings is 1. The number of carbonyl (C=O) groups excluding carboxylic acids is 2. The average Bonchev–Trinajstić information content (AvgIpc) is 3.02. The van der Waals surface area contributed by atoms with Crippen molar-refractivity contribution in [2.75, 3.05) is 6.61 Å². The summed E-state index contributed by atoms with van der Waals surface area (Å²) in [7, 11) is 0. The molecule has 0 fully saturated rings. The predicted octanol–water partition coefficient (Wildman–Crippen LogP) is 3.76. The topological polar surface area (TPSA) is 80.9 Å². The van der Waals surface area contributed by atoms with Crippen molar-refractivity contribution < 1.29 is 23.1 Å². The van der Waals surface area contributed by atoms with E-state index < -0.39 is 17.7 Å². The van der Waals surface area contributed by atoms with Crippen LogP contribution in [-0.2, 0) is 11.2 Å². The van der Waals surface area contributed by atoms with Crippen molar-refractivity contribution in [3.05, 3.63) is 58.3 Å². The van der Waals surface area contributed by atoms with Crippen molar-refractivity contribution in [1.29, 1.82) is 0 Å². The normalized spacial score (nSPS) is 14.7. The summed E-state index contributed by atoms with van der Waals surface area (Å²) in [6, 6.07) is 5.70. The van der Waals surface area contributed by atoms with Crippen molar-refractivity contribution >= 4 is 17.6 Å². The standard InChI is InChI=1S/C20H21FN2O4/c1-3-11-26-20(25)18-12(2)17-15(9-6-10-16(17)27-18)22-23-19(24)13-7-4-5-8-14(13)21/h4-5,7-8H,3,6,9-11H2,1-2H3,(H,23,24)/b22-15+. The zero-order valence-electron chi connectivity index (χ0n) is 15.3. The van der Waals surface area contributed by atoms with Crippen LogP contribution in [0.5, 0.6) is 0 Å². The third kappa shape index (κ3) is 3.92.